The molecular weight excluding hydrogens is 290 g/mol. The predicted molar refractivity (Wildman–Crippen MR) is 74.2 cm³/mol. The largest absolute Gasteiger partial charge is 0.330 e. The van der Waals surface area contributed by atoms with Crippen LogP contribution in [-0.2, 0) is 13.1 Å². The Morgan fingerprint density at radius 2 is 1.78 bits per heavy atom. The lowest BCUT2D eigenvalue weighted by Crippen LogP contribution is -2.25. The van der Waals surface area contributed by atoms with Gasteiger partial charge in [0, 0.05) is 23.1 Å². The zero-order valence-corrected chi connectivity index (χ0v) is 11.4. The van der Waals surface area contributed by atoms with Gasteiger partial charge in [-0.2, -0.15) is 0 Å². The maximum Gasteiger partial charge on any atom is 0.254 e. The van der Waals surface area contributed by atoms with Gasteiger partial charge in [0.05, 0.1) is 0 Å². The van der Waals surface area contributed by atoms with Crippen molar-refractivity contribution in [3.8, 4) is 0 Å². The van der Waals surface area contributed by atoms with Gasteiger partial charge in [0.2, 0.25) is 0 Å². The van der Waals surface area contributed by atoms with E-state index in [0.29, 0.717) is 13.1 Å². The maximum absolute atomic E-state index is 12.3. The van der Waals surface area contributed by atoms with Gasteiger partial charge in [-0.1, -0.05) is 46.3 Å². The van der Waals surface area contributed by atoms with E-state index in [0.717, 1.165) is 10.0 Å². The summed E-state index contributed by atoms with van der Waals surface area (Å²) in [5.74, 6) is 0.0960. The molecule has 0 saturated heterocycles. The second-order valence-electron chi connectivity index (χ2n) is 4.40. The standard InChI is InChI=1S/C15H12BrNO/c16-14-8-4-7-12-9-17(10-13(12)14)15(18)11-5-2-1-3-6-11/h1-8H,9-10H2. The van der Waals surface area contributed by atoms with E-state index in [1.165, 1.54) is 11.1 Å². The first-order valence-electron chi connectivity index (χ1n) is 5.86. The molecule has 1 heterocycles. The van der Waals surface area contributed by atoms with Gasteiger partial charge >= 0.3 is 0 Å². The van der Waals surface area contributed by atoms with Crippen LogP contribution in [0.3, 0.4) is 0 Å². The smallest absolute Gasteiger partial charge is 0.254 e. The summed E-state index contributed by atoms with van der Waals surface area (Å²) >= 11 is 3.54. The molecule has 0 bridgehead atoms. The zero-order chi connectivity index (χ0) is 12.5. The molecule has 0 saturated carbocycles. The minimum atomic E-state index is 0.0960. The molecule has 0 radical (unpaired) electrons. The number of fused-ring (bicyclic) bond motifs is 1. The highest BCUT2D eigenvalue weighted by Crippen LogP contribution is 2.30. The van der Waals surface area contributed by atoms with Gasteiger partial charge < -0.3 is 4.90 Å². The minimum Gasteiger partial charge on any atom is -0.330 e. The number of hydrogen-bond donors (Lipinski definition) is 0. The number of benzene rings is 2. The summed E-state index contributed by atoms with van der Waals surface area (Å²) in [6, 6.07) is 15.6. The Hall–Kier alpha value is -1.61. The Balaban J connectivity index is 1.87. The topological polar surface area (TPSA) is 20.3 Å². The lowest BCUT2D eigenvalue weighted by molar-refractivity contribution is 0.0751. The molecule has 0 spiro atoms. The quantitative estimate of drug-likeness (QED) is 0.788. The molecule has 0 aliphatic carbocycles. The highest BCUT2D eigenvalue weighted by Gasteiger charge is 2.25. The van der Waals surface area contributed by atoms with E-state index in [1.54, 1.807) is 0 Å². The summed E-state index contributed by atoms with van der Waals surface area (Å²) in [6.45, 7) is 1.38. The van der Waals surface area contributed by atoms with Crippen molar-refractivity contribution < 1.29 is 4.79 Å². The van der Waals surface area contributed by atoms with Gasteiger partial charge in [-0.25, -0.2) is 0 Å². The molecule has 3 rings (SSSR count). The normalized spacial score (nSPS) is 13.5. The molecule has 90 valence electrons. The van der Waals surface area contributed by atoms with Gasteiger partial charge in [-0.05, 0) is 29.3 Å². The van der Waals surface area contributed by atoms with Crippen molar-refractivity contribution in [2.45, 2.75) is 13.1 Å². The van der Waals surface area contributed by atoms with E-state index < -0.39 is 0 Å². The highest BCUT2D eigenvalue weighted by atomic mass is 79.9. The summed E-state index contributed by atoms with van der Waals surface area (Å²) in [5, 5.41) is 0. The molecule has 2 aromatic carbocycles. The Kier molecular flexibility index (Phi) is 2.92. The van der Waals surface area contributed by atoms with Crippen LogP contribution >= 0.6 is 15.9 Å². The van der Waals surface area contributed by atoms with Gasteiger partial charge in [-0.3, -0.25) is 4.79 Å². The van der Waals surface area contributed by atoms with Crippen LogP contribution in [-0.4, -0.2) is 10.8 Å². The van der Waals surface area contributed by atoms with Crippen molar-refractivity contribution in [3.63, 3.8) is 0 Å². The van der Waals surface area contributed by atoms with E-state index in [1.807, 2.05) is 47.4 Å². The van der Waals surface area contributed by atoms with Crippen molar-refractivity contribution >= 4 is 21.8 Å². The minimum absolute atomic E-state index is 0.0960. The molecule has 1 amide bonds. The van der Waals surface area contributed by atoms with Crippen molar-refractivity contribution in [2.75, 3.05) is 0 Å². The van der Waals surface area contributed by atoms with Crippen molar-refractivity contribution in [2.24, 2.45) is 0 Å². The van der Waals surface area contributed by atoms with Crippen LogP contribution in [0.5, 0.6) is 0 Å². The van der Waals surface area contributed by atoms with E-state index in [4.69, 9.17) is 0 Å². The molecular formula is C15H12BrNO. The molecule has 2 nitrogen and oxygen atoms in total. The van der Waals surface area contributed by atoms with Gasteiger partial charge in [0.15, 0.2) is 0 Å². The Morgan fingerprint density at radius 1 is 1.00 bits per heavy atom. The molecule has 0 N–H and O–H groups in total. The summed E-state index contributed by atoms with van der Waals surface area (Å²) in [4.78, 5) is 14.2. The molecule has 3 heteroatoms. The summed E-state index contributed by atoms with van der Waals surface area (Å²) in [7, 11) is 0. The van der Waals surface area contributed by atoms with E-state index in [-0.39, 0.29) is 5.91 Å². The lowest BCUT2D eigenvalue weighted by atomic mass is 10.1. The van der Waals surface area contributed by atoms with Gasteiger partial charge in [0.25, 0.3) is 5.91 Å². The Morgan fingerprint density at radius 3 is 2.50 bits per heavy atom. The first-order chi connectivity index (χ1) is 8.75. The monoisotopic (exact) mass is 301 g/mol. The maximum atomic E-state index is 12.3. The number of halogens is 1. The van der Waals surface area contributed by atoms with E-state index >= 15 is 0 Å². The fourth-order valence-electron chi connectivity index (χ4n) is 2.29. The summed E-state index contributed by atoms with van der Waals surface area (Å²) in [5.41, 5.74) is 3.21. The second-order valence-corrected chi connectivity index (χ2v) is 5.26. The Bertz CT molecular complexity index is 595. The van der Waals surface area contributed by atoms with Gasteiger partial charge in [0.1, 0.15) is 0 Å². The van der Waals surface area contributed by atoms with Crippen LogP contribution in [0.25, 0.3) is 0 Å². The van der Waals surface area contributed by atoms with Crippen LogP contribution in [0.15, 0.2) is 53.0 Å². The van der Waals surface area contributed by atoms with Crippen molar-refractivity contribution in [1.29, 1.82) is 0 Å². The van der Waals surface area contributed by atoms with E-state index in [2.05, 4.69) is 22.0 Å². The van der Waals surface area contributed by atoms with Crippen molar-refractivity contribution in [1.82, 2.24) is 4.90 Å². The van der Waals surface area contributed by atoms with E-state index in [9.17, 15) is 4.79 Å². The van der Waals surface area contributed by atoms with Crippen LogP contribution in [0.2, 0.25) is 0 Å². The fourth-order valence-corrected chi connectivity index (χ4v) is 2.82. The third-order valence-electron chi connectivity index (χ3n) is 3.23. The average Bonchev–Trinajstić information content (AvgIpc) is 2.84. The number of carbonyl (C=O) groups excluding carboxylic acids is 1. The molecule has 0 unspecified atom stereocenters. The first-order valence-corrected chi connectivity index (χ1v) is 6.65. The lowest BCUT2D eigenvalue weighted by Gasteiger charge is -2.15. The van der Waals surface area contributed by atoms with Crippen LogP contribution in [0.1, 0.15) is 21.5 Å². The average molecular weight is 302 g/mol. The molecule has 0 fully saturated rings. The van der Waals surface area contributed by atoms with Gasteiger partial charge in [-0.15, -0.1) is 0 Å². The fraction of sp³-hybridized carbons (Fsp3) is 0.133. The predicted octanol–water partition coefficient (Wildman–Crippen LogP) is 3.61. The number of nitrogens with zero attached hydrogens (tertiary/aromatic N) is 1. The molecule has 1 aliphatic heterocycles. The SMILES string of the molecule is O=C(c1ccccc1)N1Cc2cccc(Br)c2C1. The van der Waals surface area contributed by atoms with Crippen LogP contribution in [0.4, 0.5) is 0 Å². The zero-order valence-electron chi connectivity index (χ0n) is 9.77. The number of amides is 1. The number of hydrogen-bond acceptors (Lipinski definition) is 1. The van der Waals surface area contributed by atoms with Crippen molar-refractivity contribution in [3.05, 3.63) is 69.7 Å². The molecule has 0 atom stereocenters. The number of rotatable bonds is 1. The highest BCUT2D eigenvalue weighted by molar-refractivity contribution is 9.10. The number of carbonyl (C=O) groups is 1. The Labute approximate surface area is 114 Å². The third-order valence-corrected chi connectivity index (χ3v) is 3.98. The molecule has 18 heavy (non-hydrogen) atoms. The first kappa shape index (κ1) is 11.5. The molecule has 0 aromatic heterocycles. The summed E-state index contributed by atoms with van der Waals surface area (Å²) < 4.78 is 1.09. The van der Waals surface area contributed by atoms with Crippen LogP contribution < -0.4 is 0 Å². The summed E-state index contributed by atoms with van der Waals surface area (Å²) in [6.07, 6.45) is 0. The molecule has 2 aromatic rings. The van der Waals surface area contributed by atoms with Crippen LogP contribution in [0, 0.1) is 0 Å². The third kappa shape index (κ3) is 1.95. The second kappa shape index (κ2) is 4.58. The molecule has 1 aliphatic rings.